The Kier molecular flexibility index (Phi) is 5.37. The van der Waals surface area contributed by atoms with E-state index in [-0.39, 0.29) is 10.8 Å². The second-order valence-electron chi connectivity index (χ2n) is 11.1. The van der Waals surface area contributed by atoms with Gasteiger partial charge in [0.05, 0.1) is 11.3 Å². The number of rotatable bonds is 3. The van der Waals surface area contributed by atoms with Crippen molar-refractivity contribution in [2.45, 2.75) is 84.3 Å². The minimum Gasteiger partial charge on any atom is -0.391 e. The molecule has 1 N–H and O–H groups in total. The van der Waals surface area contributed by atoms with Crippen LogP contribution in [0.25, 0.3) is 0 Å². The van der Waals surface area contributed by atoms with Crippen LogP contribution in [0.1, 0.15) is 77.7 Å². The fraction of sp³-hybridized carbons (Fsp3) is 0.692. The highest BCUT2D eigenvalue weighted by molar-refractivity contribution is 9.10. The van der Waals surface area contributed by atoms with Crippen LogP contribution in [-0.4, -0.2) is 21.4 Å². The monoisotopic (exact) mass is 486 g/mol. The number of aromatic nitrogens is 1. The standard InChI is InChI=1S/C26H35BrN2O2/c1-24-9-6-20(29-31-16-17-12-19(27)15-28-14-17)13-18(24)4-5-21-22(24)7-10-25(2)23(21)8-11-26(25,3)30/h12-15,21-23,30H,4-11,16H2,1-3H3/b29-20+/t21?,22?,23?,24?,25?,26-/m1/s1. The summed E-state index contributed by atoms with van der Waals surface area (Å²) in [6, 6.07) is 2.02. The van der Waals surface area contributed by atoms with Gasteiger partial charge in [0, 0.05) is 22.4 Å². The maximum atomic E-state index is 11.1. The third-order valence-corrected chi connectivity index (χ3v) is 10.1. The third kappa shape index (κ3) is 3.51. The largest absolute Gasteiger partial charge is 0.391 e. The summed E-state index contributed by atoms with van der Waals surface area (Å²) in [5.41, 5.74) is 3.57. The summed E-state index contributed by atoms with van der Waals surface area (Å²) in [5, 5.41) is 15.6. The van der Waals surface area contributed by atoms with Crippen LogP contribution in [0.4, 0.5) is 0 Å². The summed E-state index contributed by atoms with van der Waals surface area (Å²) < 4.78 is 0.959. The van der Waals surface area contributed by atoms with Crippen LogP contribution in [0.3, 0.4) is 0 Å². The number of halogens is 1. The van der Waals surface area contributed by atoms with Crippen molar-refractivity contribution in [1.82, 2.24) is 4.98 Å². The number of nitrogens with zero attached hydrogens (tertiary/aromatic N) is 2. The van der Waals surface area contributed by atoms with Crippen molar-refractivity contribution in [3.63, 3.8) is 0 Å². The summed E-state index contributed by atoms with van der Waals surface area (Å²) in [6.07, 6.45) is 15.1. The van der Waals surface area contributed by atoms with E-state index >= 15 is 0 Å². The lowest BCUT2D eigenvalue weighted by molar-refractivity contribution is -0.117. The summed E-state index contributed by atoms with van der Waals surface area (Å²) in [5.74, 6) is 2.18. The highest BCUT2D eigenvalue weighted by atomic mass is 79.9. The summed E-state index contributed by atoms with van der Waals surface area (Å²) in [4.78, 5) is 9.87. The SMILES string of the molecule is CC12CC/C(=N\OCc3cncc(Br)c3)C=C1CCC1C2CCC2(C)C1CC[C@@]2(C)O. The lowest BCUT2D eigenvalue weighted by atomic mass is 9.46. The van der Waals surface area contributed by atoms with Gasteiger partial charge in [0.25, 0.3) is 0 Å². The molecule has 0 aliphatic heterocycles. The maximum absolute atomic E-state index is 11.1. The first kappa shape index (κ1) is 21.6. The molecule has 4 aliphatic carbocycles. The number of allylic oxidation sites excluding steroid dienone is 2. The Hall–Kier alpha value is -1.20. The molecule has 0 spiro atoms. The molecule has 1 aromatic rings. The number of oxime groups is 1. The molecule has 3 saturated carbocycles. The van der Waals surface area contributed by atoms with E-state index in [4.69, 9.17) is 4.84 Å². The van der Waals surface area contributed by atoms with Gasteiger partial charge in [-0.25, -0.2) is 0 Å². The van der Waals surface area contributed by atoms with Crippen LogP contribution in [0.5, 0.6) is 0 Å². The van der Waals surface area contributed by atoms with Gasteiger partial charge in [-0.2, -0.15) is 0 Å². The molecule has 0 amide bonds. The van der Waals surface area contributed by atoms with Gasteiger partial charge >= 0.3 is 0 Å². The maximum Gasteiger partial charge on any atom is 0.143 e. The van der Waals surface area contributed by atoms with Gasteiger partial charge < -0.3 is 9.94 Å². The minimum absolute atomic E-state index is 0.0994. The molecule has 168 valence electrons. The van der Waals surface area contributed by atoms with E-state index in [9.17, 15) is 5.11 Å². The Labute approximate surface area is 194 Å². The van der Waals surface area contributed by atoms with Crippen molar-refractivity contribution >= 4 is 21.6 Å². The van der Waals surface area contributed by atoms with Crippen molar-refractivity contribution in [3.8, 4) is 0 Å². The Morgan fingerprint density at radius 2 is 1.90 bits per heavy atom. The van der Waals surface area contributed by atoms with E-state index in [1.54, 1.807) is 11.8 Å². The van der Waals surface area contributed by atoms with Gasteiger partial charge in [-0.05, 0) is 115 Å². The lowest BCUT2D eigenvalue weighted by Gasteiger charge is -2.59. The molecule has 6 atom stereocenters. The first-order valence-electron chi connectivity index (χ1n) is 11.9. The normalized spacial score (nSPS) is 43.1. The van der Waals surface area contributed by atoms with Crippen molar-refractivity contribution in [2.24, 2.45) is 33.7 Å². The minimum atomic E-state index is -0.493. The molecule has 3 fully saturated rings. The average Bonchev–Trinajstić information content (AvgIpc) is 2.97. The van der Waals surface area contributed by atoms with Crippen molar-refractivity contribution in [1.29, 1.82) is 0 Å². The Bertz CT molecular complexity index is 926. The van der Waals surface area contributed by atoms with E-state index in [1.807, 2.05) is 12.3 Å². The zero-order valence-corrected chi connectivity index (χ0v) is 20.6. The molecule has 1 heterocycles. The van der Waals surface area contributed by atoms with E-state index in [2.05, 4.69) is 52.9 Å². The predicted octanol–water partition coefficient (Wildman–Crippen LogP) is 6.43. The number of pyridine rings is 1. The zero-order valence-electron chi connectivity index (χ0n) is 19.0. The quantitative estimate of drug-likeness (QED) is 0.500. The number of fused-ring (bicyclic) bond motifs is 5. The molecule has 0 aromatic carbocycles. The van der Waals surface area contributed by atoms with Crippen molar-refractivity contribution in [2.75, 3.05) is 0 Å². The zero-order chi connectivity index (χ0) is 21.9. The second-order valence-corrected chi connectivity index (χ2v) is 12.1. The number of aliphatic hydroxyl groups is 1. The Morgan fingerprint density at radius 3 is 2.71 bits per heavy atom. The summed E-state index contributed by atoms with van der Waals surface area (Å²) >= 11 is 3.45. The molecule has 5 heteroatoms. The molecule has 4 nitrogen and oxygen atoms in total. The van der Waals surface area contributed by atoms with Crippen LogP contribution in [-0.2, 0) is 11.4 Å². The number of hydrogen-bond donors (Lipinski definition) is 1. The van der Waals surface area contributed by atoms with E-state index in [1.165, 1.54) is 38.5 Å². The highest BCUT2D eigenvalue weighted by Crippen LogP contribution is 2.67. The van der Waals surface area contributed by atoms with Gasteiger partial charge in [0.1, 0.15) is 6.61 Å². The van der Waals surface area contributed by atoms with E-state index < -0.39 is 5.60 Å². The molecule has 0 saturated heterocycles. The topological polar surface area (TPSA) is 54.7 Å². The molecule has 5 rings (SSSR count). The fourth-order valence-electron chi connectivity index (χ4n) is 7.61. The van der Waals surface area contributed by atoms with Gasteiger partial charge in [0.2, 0.25) is 0 Å². The molecular weight excluding hydrogens is 452 g/mol. The van der Waals surface area contributed by atoms with Crippen LogP contribution in [0.2, 0.25) is 0 Å². The van der Waals surface area contributed by atoms with Gasteiger partial charge in [0.15, 0.2) is 0 Å². The summed E-state index contributed by atoms with van der Waals surface area (Å²) in [6.45, 7) is 7.42. The summed E-state index contributed by atoms with van der Waals surface area (Å²) in [7, 11) is 0. The Morgan fingerprint density at radius 1 is 1.10 bits per heavy atom. The molecule has 5 unspecified atom stereocenters. The van der Waals surface area contributed by atoms with Crippen LogP contribution in [0, 0.1) is 28.6 Å². The van der Waals surface area contributed by atoms with Gasteiger partial charge in [-0.1, -0.05) is 24.6 Å². The second kappa shape index (κ2) is 7.69. The highest BCUT2D eigenvalue weighted by Gasteiger charge is 2.62. The first-order chi connectivity index (χ1) is 14.7. The third-order valence-electron chi connectivity index (χ3n) is 9.71. The number of hydrogen-bond acceptors (Lipinski definition) is 4. The molecule has 0 radical (unpaired) electrons. The molecular formula is C26H35BrN2O2. The van der Waals surface area contributed by atoms with Gasteiger partial charge in [-0.3, -0.25) is 4.98 Å². The molecule has 31 heavy (non-hydrogen) atoms. The predicted molar refractivity (Wildman–Crippen MR) is 126 cm³/mol. The van der Waals surface area contributed by atoms with Gasteiger partial charge in [-0.15, -0.1) is 0 Å². The lowest BCUT2D eigenvalue weighted by Crippen LogP contribution is -2.53. The smallest absolute Gasteiger partial charge is 0.143 e. The molecule has 4 aliphatic rings. The molecule has 0 bridgehead atoms. The van der Waals surface area contributed by atoms with Crippen LogP contribution in [0.15, 0.2) is 39.7 Å². The van der Waals surface area contributed by atoms with Crippen LogP contribution < -0.4 is 0 Å². The first-order valence-corrected chi connectivity index (χ1v) is 12.7. The molecule has 1 aromatic heterocycles. The van der Waals surface area contributed by atoms with E-state index in [0.29, 0.717) is 12.5 Å². The van der Waals surface area contributed by atoms with Crippen molar-refractivity contribution in [3.05, 3.63) is 40.1 Å². The van der Waals surface area contributed by atoms with E-state index in [0.717, 1.165) is 40.4 Å². The fourth-order valence-corrected chi connectivity index (χ4v) is 8.02. The Balaban J connectivity index is 1.31. The van der Waals surface area contributed by atoms with Crippen LogP contribution >= 0.6 is 15.9 Å². The average molecular weight is 487 g/mol. The van der Waals surface area contributed by atoms with Crippen molar-refractivity contribution < 1.29 is 9.94 Å².